The van der Waals surface area contributed by atoms with Crippen LogP contribution in [-0.2, 0) is 4.79 Å². The topological polar surface area (TPSA) is 40.5 Å². The molecule has 1 rings (SSSR count). The molecule has 0 radical (unpaired) electrons. The number of carbonyl (C=O) groups excluding carboxylic acids is 1. The average Bonchev–Trinajstić information content (AvgIpc) is 2.58. The summed E-state index contributed by atoms with van der Waals surface area (Å²) < 4.78 is 0. The maximum atomic E-state index is 12.1. The molecule has 1 N–H and O–H groups in total. The third-order valence-electron chi connectivity index (χ3n) is 4.93. The second-order valence-corrected chi connectivity index (χ2v) is 8.31. The van der Waals surface area contributed by atoms with E-state index in [2.05, 4.69) is 58.6 Å². The number of aliphatic hydroxyl groups excluding tert-OH is 1. The highest BCUT2D eigenvalue weighted by molar-refractivity contribution is 7.79. The van der Waals surface area contributed by atoms with Crippen LogP contribution in [0.25, 0.3) is 0 Å². The fourth-order valence-corrected chi connectivity index (χ4v) is 3.51. The standard InChI is InChI=1S/C24H33NO2S/c1-7-16-25(23(27)28)22(26)17-19(3)11-8-10-18(2)13-14-21-20(4)12-9-15-24(21,5)6/h7-8,10-11,13-14,17H,1,9,12,15-16H2,2-6H3,(H,27,28). The fourth-order valence-electron chi connectivity index (χ4n) is 3.34. The summed E-state index contributed by atoms with van der Waals surface area (Å²) in [6.07, 6.45) is 16.8. The third-order valence-corrected chi connectivity index (χ3v) is 5.15. The van der Waals surface area contributed by atoms with Crippen LogP contribution in [-0.4, -0.2) is 27.6 Å². The predicted molar refractivity (Wildman–Crippen MR) is 123 cm³/mol. The Labute approximate surface area is 175 Å². The number of rotatable bonds is 7. The quantitative estimate of drug-likeness (QED) is 0.234. The van der Waals surface area contributed by atoms with Crippen LogP contribution in [0.15, 0.2) is 71.4 Å². The summed E-state index contributed by atoms with van der Waals surface area (Å²) in [7, 11) is 0. The second-order valence-electron chi connectivity index (χ2n) is 7.94. The smallest absolute Gasteiger partial charge is 0.264 e. The van der Waals surface area contributed by atoms with Gasteiger partial charge in [0.05, 0.1) is 0 Å². The van der Waals surface area contributed by atoms with E-state index >= 15 is 0 Å². The van der Waals surface area contributed by atoms with Crippen molar-refractivity contribution in [1.29, 1.82) is 0 Å². The molecule has 0 bridgehead atoms. The van der Waals surface area contributed by atoms with Gasteiger partial charge >= 0.3 is 0 Å². The van der Waals surface area contributed by atoms with Gasteiger partial charge in [-0.1, -0.05) is 61.4 Å². The number of aliphatic hydroxyl groups is 1. The minimum absolute atomic E-state index is 0.178. The van der Waals surface area contributed by atoms with Crippen molar-refractivity contribution in [2.45, 2.75) is 53.9 Å². The molecule has 0 aliphatic heterocycles. The number of hydrogen-bond donors (Lipinski definition) is 1. The van der Waals surface area contributed by atoms with Crippen LogP contribution < -0.4 is 0 Å². The molecule has 1 aliphatic rings. The molecule has 0 spiro atoms. The molecule has 0 atom stereocenters. The van der Waals surface area contributed by atoms with Crippen molar-refractivity contribution in [3.63, 3.8) is 0 Å². The second kappa shape index (κ2) is 11.0. The van der Waals surface area contributed by atoms with E-state index in [-0.39, 0.29) is 17.9 Å². The van der Waals surface area contributed by atoms with Gasteiger partial charge in [0.25, 0.3) is 11.1 Å². The first kappa shape index (κ1) is 23.8. The lowest BCUT2D eigenvalue weighted by atomic mass is 9.72. The molecule has 0 saturated carbocycles. The van der Waals surface area contributed by atoms with E-state index in [1.165, 1.54) is 42.6 Å². The van der Waals surface area contributed by atoms with Crippen molar-refractivity contribution in [1.82, 2.24) is 4.90 Å². The van der Waals surface area contributed by atoms with Crippen molar-refractivity contribution in [2.24, 2.45) is 5.41 Å². The van der Waals surface area contributed by atoms with E-state index < -0.39 is 5.17 Å². The number of amides is 1. The summed E-state index contributed by atoms with van der Waals surface area (Å²) in [5, 5.41) is 8.97. The Morgan fingerprint density at radius 1 is 1.29 bits per heavy atom. The lowest BCUT2D eigenvalue weighted by molar-refractivity contribution is -0.122. The van der Waals surface area contributed by atoms with Crippen molar-refractivity contribution in [3.8, 4) is 0 Å². The zero-order valence-corrected chi connectivity index (χ0v) is 18.6. The molecular weight excluding hydrogens is 366 g/mol. The maximum absolute atomic E-state index is 12.1. The molecule has 1 amide bonds. The summed E-state index contributed by atoms with van der Waals surface area (Å²) >= 11 is 4.69. The van der Waals surface area contributed by atoms with Crippen molar-refractivity contribution >= 4 is 23.3 Å². The zero-order chi connectivity index (χ0) is 21.3. The third kappa shape index (κ3) is 7.43. The Hall–Kier alpha value is -2.20. The van der Waals surface area contributed by atoms with Crippen molar-refractivity contribution in [3.05, 3.63) is 71.4 Å². The number of nitrogens with zero attached hydrogens (tertiary/aromatic N) is 1. The van der Waals surface area contributed by atoms with Gasteiger partial charge in [-0.05, 0) is 68.8 Å². The molecule has 28 heavy (non-hydrogen) atoms. The van der Waals surface area contributed by atoms with E-state index in [9.17, 15) is 9.90 Å². The fraction of sp³-hybridized carbons (Fsp3) is 0.417. The molecule has 1 aliphatic carbocycles. The van der Waals surface area contributed by atoms with Gasteiger partial charge in [0, 0.05) is 12.6 Å². The van der Waals surface area contributed by atoms with Crippen LogP contribution >= 0.6 is 12.2 Å². The summed E-state index contributed by atoms with van der Waals surface area (Å²) in [4.78, 5) is 13.2. The molecule has 0 aromatic carbocycles. The van der Waals surface area contributed by atoms with Gasteiger partial charge in [0.15, 0.2) is 0 Å². The Morgan fingerprint density at radius 3 is 2.54 bits per heavy atom. The van der Waals surface area contributed by atoms with Gasteiger partial charge in [-0.15, -0.1) is 6.58 Å². The van der Waals surface area contributed by atoms with Gasteiger partial charge in [-0.3, -0.25) is 9.69 Å². The minimum Gasteiger partial charge on any atom is -0.486 e. The van der Waals surface area contributed by atoms with E-state index in [1.54, 1.807) is 0 Å². The summed E-state index contributed by atoms with van der Waals surface area (Å²) in [5.41, 5.74) is 5.08. The van der Waals surface area contributed by atoms with Gasteiger partial charge < -0.3 is 5.11 Å². The lowest BCUT2D eigenvalue weighted by Gasteiger charge is -2.32. The molecular formula is C24H33NO2S. The predicted octanol–water partition coefficient (Wildman–Crippen LogP) is 6.38. The largest absolute Gasteiger partial charge is 0.486 e. The first-order valence-corrected chi connectivity index (χ1v) is 10.1. The first-order chi connectivity index (χ1) is 13.1. The van der Waals surface area contributed by atoms with E-state index in [0.717, 1.165) is 16.0 Å². The Bertz CT molecular complexity index is 763. The Kier molecular flexibility index (Phi) is 9.33. The molecule has 152 valence electrons. The van der Waals surface area contributed by atoms with Crippen LogP contribution in [0.4, 0.5) is 0 Å². The molecule has 0 fully saturated rings. The van der Waals surface area contributed by atoms with Gasteiger partial charge in [0.1, 0.15) is 0 Å². The number of allylic oxidation sites excluding steroid dienone is 9. The first-order valence-electron chi connectivity index (χ1n) is 9.65. The Balaban J connectivity index is 2.81. The van der Waals surface area contributed by atoms with Crippen molar-refractivity contribution in [2.75, 3.05) is 6.54 Å². The van der Waals surface area contributed by atoms with Gasteiger partial charge in [-0.25, -0.2) is 0 Å². The molecule has 4 heteroatoms. The van der Waals surface area contributed by atoms with Gasteiger partial charge in [-0.2, -0.15) is 0 Å². The molecule has 0 unspecified atom stereocenters. The molecule has 0 aromatic rings. The van der Waals surface area contributed by atoms with Crippen molar-refractivity contribution < 1.29 is 9.90 Å². The number of carbonyl (C=O) groups is 1. The van der Waals surface area contributed by atoms with E-state index in [1.807, 2.05) is 25.2 Å². The number of thiocarbonyl (C=S) groups is 1. The number of hydrogen-bond acceptors (Lipinski definition) is 2. The molecule has 3 nitrogen and oxygen atoms in total. The summed E-state index contributed by atoms with van der Waals surface area (Å²) in [6.45, 7) is 14.5. The molecule has 0 aromatic heterocycles. The average molecular weight is 400 g/mol. The zero-order valence-electron chi connectivity index (χ0n) is 17.8. The molecule has 0 saturated heterocycles. The maximum Gasteiger partial charge on any atom is 0.264 e. The van der Waals surface area contributed by atoms with Crippen LogP contribution in [0, 0.1) is 5.41 Å². The minimum atomic E-state index is -0.450. The van der Waals surface area contributed by atoms with E-state index in [0.29, 0.717) is 0 Å². The Morgan fingerprint density at radius 2 is 1.96 bits per heavy atom. The normalized spacial score (nSPS) is 18.0. The van der Waals surface area contributed by atoms with Crippen LogP contribution in [0.2, 0.25) is 0 Å². The van der Waals surface area contributed by atoms with Crippen LogP contribution in [0.1, 0.15) is 53.9 Å². The summed E-state index contributed by atoms with van der Waals surface area (Å²) in [6, 6.07) is 0. The van der Waals surface area contributed by atoms with Gasteiger partial charge in [0.2, 0.25) is 0 Å². The summed E-state index contributed by atoms with van der Waals surface area (Å²) in [5.74, 6) is -0.364. The monoisotopic (exact) mass is 399 g/mol. The van der Waals surface area contributed by atoms with Crippen LogP contribution in [0.3, 0.4) is 0 Å². The highest BCUT2D eigenvalue weighted by Gasteiger charge is 2.26. The highest BCUT2D eigenvalue weighted by atomic mass is 32.1. The highest BCUT2D eigenvalue weighted by Crippen LogP contribution is 2.40. The SMILES string of the molecule is C=CCN(C(=O)C=C(C)C=CC=C(C)C=CC1=C(C)CCCC1(C)C)C(O)=S. The van der Waals surface area contributed by atoms with E-state index in [4.69, 9.17) is 0 Å². The van der Waals surface area contributed by atoms with Crippen LogP contribution in [0.5, 0.6) is 0 Å². The lowest BCUT2D eigenvalue weighted by Crippen LogP contribution is -2.34. The molecule has 0 heterocycles.